The molecule has 0 aliphatic carbocycles. The van der Waals surface area contributed by atoms with Crippen LogP contribution < -0.4 is 0 Å². The molecule has 0 aliphatic heterocycles. The average Bonchev–Trinajstić information content (AvgIpc) is 2.50. The second-order valence-corrected chi connectivity index (χ2v) is 2.84. The molecule has 1 heterocycles. The lowest BCUT2D eigenvalue weighted by molar-refractivity contribution is 0.880. The molecule has 0 aliphatic rings. The minimum Gasteiger partial charge on any atom is -0.365 e. The normalized spacial score (nSPS) is 9.17. The van der Waals surface area contributed by atoms with Crippen molar-refractivity contribution in [3.8, 4) is 11.8 Å². The molecule has 0 atom stereocenters. The maximum atomic E-state index is 3.25. The second-order valence-electron chi connectivity index (χ2n) is 2.84. The van der Waals surface area contributed by atoms with Crippen molar-refractivity contribution in [1.82, 2.24) is 4.98 Å². The first-order chi connectivity index (χ1) is 5.88. The number of hydrogen-bond donors (Lipinski definition) is 1. The molecule has 0 spiro atoms. The number of aromatic nitrogens is 1. The van der Waals surface area contributed by atoms with Crippen LogP contribution in [0, 0.1) is 11.8 Å². The monoisotopic (exact) mass is 161 g/mol. The van der Waals surface area contributed by atoms with E-state index >= 15 is 0 Å². The van der Waals surface area contributed by atoms with Crippen molar-refractivity contribution in [2.75, 3.05) is 0 Å². The quantitative estimate of drug-likeness (QED) is 0.656. The number of H-pyrrole nitrogens is 1. The Bertz CT molecular complexity index is 285. The Morgan fingerprint density at radius 2 is 2.33 bits per heavy atom. The van der Waals surface area contributed by atoms with E-state index in [0.29, 0.717) is 0 Å². The molecule has 1 rings (SSSR count). The number of aromatic amines is 1. The Morgan fingerprint density at radius 3 is 3.00 bits per heavy atom. The SMILES string of the molecule is CC#CCc1cc[nH]c1CCC. The summed E-state index contributed by atoms with van der Waals surface area (Å²) in [7, 11) is 0. The zero-order valence-corrected chi connectivity index (χ0v) is 7.78. The summed E-state index contributed by atoms with van der Waals surface area (Å²) in [5, 5.41) is 0. The maximum absolute atomic E-state index is 3.25. The summed E-state index contributed by atoms with van der Waals surface area (Å²) in [4.78, 5) is 3.25. The lowest BCUT2D eigenvalue weighted by Gasteiger charge is -1.97. The first-order valence-electron chi connectivity index (χ1n) is 4.43. The summed E-state index contributed by atoms with van der Waals surface area (Å²) in [6, 6.07) is 2.12. The smallest absolute Gasteiger partial charge is 0.0357 e. The standard InChI is InChI=1S/C11H15N/c1-3-5-7-10-8-9-12-11(10)6-4-2/h8-9,12H,4,6-7H2,1-2H3. The van der Waals surface area contributed by atoms with E-state index in [1.807, 2.05) is 13.1 Å². The Balaban J connectivity index is 2.67. The highest BCUT2D eigenvalue weighted by molar-refractivity contribution is 5.25. The first-order valence-corrected chi connectivity index (χ1v) is 4.43. The molecule has 1 N–H and O–H groups in total. The van der Waals surface area contributed by atoms with Gasteiger partial charge in [-0.3, -0.25) is 0 Å². The van der Waals surface area contributed by atoms with Crippen molar-refractivity contribution in [3.05, 3.63) is 23.5 Å². The van der Waals surface area contributed by atoms with Crippen LogP contribution in [0.1, 0.15) is 31.5 Å². The van der Waals surface area contributed by atoms with Crippen LogP contribution in [-0.2, 0) is 12.8 Å². The molecule has 0 saturated carbocycles. The van der Waals surface area contributed by atoms with Crippen molar-refractivity contribution in [2.24, 2.45) is 0 Å². The van der Waals surface area contributed by atoms with Crippen molar-refractivity contribution in [2.45, 2.75) is 33.1 Å². The highest BCUT2D eigenvalue weighted by atomic mass is 14.7. The molecule has 0 unspecified atom stereocenters. The Morgan fingerprint density at radius 1 is 1.50 bits per heavy atom. The fraction of sp³-hybridized carbons (Fsp3) is 0.455. The van der Waals surface area contributed by atoms with E-state index in [-0.39, 0.29) is 0 Å². The number of aryl methyl sites for hydroxylation is 1. The minimum atomic E-state index is 0.884. The van der Waals surface area contributed by atoms with Gasteiger partial charge in [0.05, 0.1) is 0 Å². The van der Waals surface area contributed by atoms with Gasteiger partial charge >= 0.3 is 0 Å². The molecule has 0 aromatic carbocycles. The zero-order valence-electron chi connectivity index (χ0n) is 7.78. The molecule has 0 amide bonds. The summed E-state index contributed by atoms with van der Waals surface area (Å²) in [6.07, 6.45) is 5.20. The number of nitrogens with one attached hydrogen (secondary N) is 1. The van der Waals surface area contributed by atoms with Gasteiger partial charge in [0.1, 0.15) is 0 Å². The minimum absolute atomic E-state index is 0.884. The molecule has 1 nitrogen and oxygen atoms in total. The van der Waals surface area contributed by atoms with Crippen molar-refractivity contribution < 1.29 is 0 Å². The van der Waals surface area contributed by atoms with Crippen LogP contribution in [0.15, 0.2) is 12.3 Å². The highest BCUT2D eigenvalue weighted by Crippen LogP contribution is 2.09. The summed E-state index contributed by atoms with van der Waals surface area (Å²) < 4.78 is 0. The summed E-state index contributed by atoms with van der Waals surface area (Å²) >= 11 is 0. The van der Waals surface area contributed by atoms with E-state index in [0.717, 1.165) is 12.8 Å². The van der Waals surface area contributed by atoms with Crippen LogP contribution in [0.2, 0.25) is 0 Å². The van der Waals surface area contributed by atoms with E-state index in [9.17, 15) is 0 Å². The van der Waals surface area contributed by atoms with Gasteiger partial charge in [0.2, 0.25) is 0 Å². The summed E-state index contributed by atoms with van der Waals surface area (Å²) in [6.45, 7) is 4.07. The molecule has 12 heavy (non-hydrogen) atoms. The fourth-order valence-electron chi connectivity index (χ4n) is 1.27. The third-order valence-electron chi connectivity index (χ3n) is 1.89. The Labute approximate surface area is 74.2 Å². The van der Waals surface area contributed by atoms with Crippen LogP contribution in [-0.4, -0.2) is 4.98 Å². The van der Waals surface area contributed by atoms with Crippen LogP contribution in [0.5, 0.6) is 0 Å². The third kappa shape index (κ3) is 2.17. The second kappa shape index (κ2) is 4.66. The predicted molar refractivity (Wildman–Crippen MR) is 51.9 cm³/mol. The lowest BCUT2D eigenvalue weighted by Crippen LogP contribution is -1.89. The Hall–Kier alpha value is -1.16. The van der Waals surface area contributed by atoms with E-state index in [1.165, 1.54) is 17.7 Å². The van der Waals surface area contributed by atoms with Gasteiger partial charge in [0.25, 0.3) is 0 Å². The van der Waals surface area contributed by atoms with E-state index < -0.39 is 0 Å². The van der Waals surface area contributed by atoms with Gasteiger partial charge in [-0.25, -0.2) is 0 Å². The van der Waals surface area contributed by atoms with Gasteiger partial charge < -0.3 is 4.98 Å². The molecule has 64 valence electrons. The third-order valence-corrected chi connectivity index (χ3v) is 1.89. The van der Waals surface area contributed by atoms with Crippen molar-refractivity contribution in [3.63, 3.8) is 0 Å². The average molecular weight is 161 g/mol. The largest absolute Gasteiger partial charge is 0.365 e. The number of hydrogen-bond acceptors (Lipinski definition) is 0. The lowest BCUT2D eigenvalue weighted by atomic mass is 10.1. The molecule has 0 saturated heterocycles. The summed E-state index contributed by atoms with van der Waals surface area (Å²) in [5.74, 6) is 5.99. The molecule has 0 fully saturated rings. The van der Waals surface area contributed by atoms with Gasteiger partial charge in [-0.2, -0.15) is 0 Å². The number of rotatable bonds is 3. The molecule has 1 aromatic rings. The van der Waals surface area contributed by atoms with E-state index in [1.54, 1.807) is 0 Å². The van der Waals surface area contributed by atoms with Crippen LogP contribution in [0.4, 0.5) is 0 Å². The van der Waals surface area contributed by atoms with Crippen molar-refractivity contribution >= 4 is 0 Å². The van der Waals surface area contributed by atoms with Gasteiger partial charge in [-0.1, -0.05) is 19.3 Å². The van der Waals surface area contributed by atoms with Gasteiger partial charge in [0.15, 0.2) is 0 Å². The fourth-order valence-corrected chi connectivity index (χ4v) is 1.27. The first kappa shape index (κ1) is 8.93. The molecule has 0 radical (unpaired) electrons. The van der Waals surface area contributed by atoms with Crippen LogP contribution in [0.25, 0.3) is 0 Å². The van der Waals surface area contributed by atoms with E-state index in [2.05, 4.69) is 29.8 Å². The van der Waals surface area contributed by atoms with Gasteiger partial charge in [-0.15, -0.1) is 5.92 Å². The maximum Gasteiger partial charge on any atom is 0.0357 e. The summed E-state index contributed by atoms with van der Waals surface area (Å²) in [5.41, 5.74) is 2.70. The molecular weight excluding hydrogens is 146 g/mol. The molecule has 1 heteroatoms. The van der Waals surface area contributed by atoms with Crippen molar-refractivity contribution in [1.29, 1.82) is 0 Å². The van der Waals surface area contributed by atoms with E-state index in [4.69, 9.17) is 0 Å². The van der Waals surface area contributed by atoms with Crippen LogP contribution in [0.3, 0.4) is 0 Å². The predicted octanol–water partition coefficient (Wildman–Crippen LogP) is 2.53. The molecular formula is C11H15N. The Kier molecular flexibility index (Phi) is 3.47. The van der Waals surface area contributed by atoms with Crippen LogP contribution >= 0.6 is 0 Å². The molecule has 0 bridgehead atoms. The highest BCUT2D eigenvalue weighted by Gasteiger charge is 1.99. The van der Waals surface area contributed by atoms with Gasteiger partial charge in [0, 0.05) is 18.3 Å². The topological polar surface area (TPSA) is 15.8 Å². The molecule has 1 aromatic heterocycles. The zero-order chi connectivity index (χ0) is 8.81. The van der Waals surface area contributed by atoms with Gasteiger partial charge in [-0.05, 0) is 25.0 Å².